The molecule has 1 aromatic rings. The molecule has 0 aliphatic rings. The largest absolute Gasteiger partial charge is 1.00 e. The number of rotatable bonds is 3. The topological polar surface area (TPSA) is 32.3 Å². The van der Waals surface area contributed by atoms with Gasteiger partial charge >= 0.3 is 18.9 Å². The Hall–Kier alpha value is -0.843. The van der Waals surface area contributed by atoms with Crippen LogP contribution in [0.2, 0.25) is 0 Å². The van der Waals surface area contributed by atoms with E-state index in [1.807, 2.05) is 30.3 Å². The van der Waals surface area contributed by atoms with Gasteiger partial charge in [0.1, 0.15) is 0 Å². The van der Waals surface area contributed by atoms with Crippen molar-refractivity contribution in [3.8, 4) is 0 Å². The van der Waals surface area contributed by atoms with Gasteiger partial charge in [0, 0.05) is 0 Å². The van der Waals surface area contributed by atoms with Crippen LogP contribution in [-0.2, 0) is 4.74 Å². The van der Waals surface area contributed by atoms with Gasteiger partial charge in [-0.2, -0.15) is 0 Å². The Kier molecular flexibility index (Phi) is 6.19. The molecule has 70 valence electrons. The summed E-state index contributed by atoms with van der Waals surface area (Å²) in [6.07, 6.45) is 0. The molecule has 0 amide bonds. The third-order valence-electron chi connectivity index (χ3n) is 1.79. The monoisotopic (exact) mass is 184 g/mol. The maximum absolute atomic E-state index is 11.3. The first kappa shape index (κ1) is 13.2. The zero-order chi connectivity index (χ0) is 9.68. The molecule has 0 spiro atoms. The second kappa shape index (κ2) is 6.59. The SMILES string of the molecule is CCO/C([O-])=C(\C)c1ccccc1.[Li+]. The average molecular weight is 184 g/mol. The molecule has 0 N–H and O–H groups in total. The first-order chi connectivity index (χ1) is 6.25. The molecule has 0 saturated heterocycles. The van der Waals surface area contributed by atoms with Crippen molar-refractivity contribution in [2.45, 2.75) is 13.8 Å². The molecule has 3 heteroatoms. The van der Waals surface area contributed by atoms with Gasteiger partial charge < -0.3 is 9.84 Å². The van der Waals surface area contributed by atoms with Crippen molar-refractivity contribution < 1.29 is 28.7 Å². The van der Waals surface area contributed by atoms with E-state index in [4.69, 9.17) is 4.74 Å². The van der Waals surface area contributed by atoms with E-state index in [9.17, 15) is 5.11 Å². The van der Waals surface area contributed by atoms with Crippen LogP contribution in [0.1, 0.15) is 19.4 Å². The minimum absolute atomic E-state index is 0. The smallest absolute Gasteiger partial charge is 0.613 e. The van der Waals surface area contributed by atoms with Gasteiger partial charge in [-0.25, -0.2) is 0 Å². The molecular weight excluding hydrogens is 171 g/mol. The predicted molar refractivity (Wildman–Crippen MR) is 50.7 cm³/mol. The summed E-state index contributed by atoms with van der Waals surface area (Å²) < 4.78 is 4.88. The molecule has 1 rings (SSSR count). The fourth-order valence-corrected chi connectivity index (χ4v) is 1.05. The molecule has 0 aliphatic carbocycles. The van der Waals surface area contributed by atoms with Gasteiger partial charge in [-0.3, -0.25) is 0 Å². The Balaban J connectivity index is 0.00000169. The first-order valence-electron chi connectivity index (χ1n) is 4.31. The van der Waals surface area contributed by atoms with Crippen molar-refractivity contribution in [3.63, 3.8) is 0 Å². The minimum atomic E-state index is -0.242. The number of hydrogen-bond acceptors (Lipinski definition) is 2. The van der Waals surface area contributed by atoms with E-state index < -0.39 is 0 Å². The molecule has 0 aliphatic heterocycles. The van der Waals surface area contributed by atoms with Crippen molar-refractivity contribution in [2.75, 3.05) is 6.61 Å². The quantitative estimate of drug-likeness (QED) is 0.435. The molecule has 14 heavy (non-hydrogen) atoms. The van der Waals surface area contributed by atoms with Crippen LogP contribution in [0.4, 0.5) is 0 Å². The second-order valence-corrected chi connectivity index (χ2v) is 2.71. The van der Waals surface area contributed by atoms with Gasteiger partial charge in [-0.15, -0.1) is 0 Å². The molecule has 0 bridgehead atoms. The summed E-state index contributed by atoms with van der Waals surface area (Å²) in [7, 11) is 0. The van der Waals surface area contributed by atoms with Crippen LogP contribution >= 0.6 is 0 Å². The molecule has 0 unspecified atom stereocenters. The van der Waals surface area contributed by atoms with Crippen LogP contribution in [0, 0.1) is 0 Å². The zero-order valence-electron chi connectivity index (χ0n) is 8.91. The molecule has 2 nitrogen and oxygen atoms in total. The van der Waals surface area contributed by atoms with E-state index in [2.05, 4.69) is 0 Å². The average Bonchev–Trinajstić information content (AvgIpc) is 2.18. The van der Waals surface area contributed by atoms with Crippen LogP contribution in [0.15, 0.2) is 36.3 Å². The fourth-order valence-electron chi connectivity index (χ4n) is 1.05. The maximum atomic E-state index is 11.3. The summed E-state index contributed by atoms with van der Waals surface area (Å²) in [5.74, 6) is -0.242. The van der Waals surface area contributed by atoms with Crippen molar-refractivity contribution in [1.82, 2.24) is 0 Å². The molecule has 0 radical (unpaired) electrons. The standard InChI is InChI=1S/C11H14O2.Li/c1-3-13-11(12)9(2)10-7-5-4-6-8-10;/h4-8,12H,3H2,1-2H3;/q;+1/p-1/b11-9+;. The van der Waals surface area contributed by atoms with Crippen molar-refractivity contribution in [2.24, 2.45) is 0 Å². The molecule has 1 aromatic carbocycles. The summed E-state index contributed by atoms with van der Waals surface area (Å²) in [6, 6.07) is 9.51. The van der Waals surface area contributed by atoms with Crippen LogP contribution in [0.5, 0.6) is 0 Å². The van der Waals surface area contributed by atoms with Crippen LogP contribution in [-0.4, -0.2) is 6.61 Å². The Morgan fingerprint density at radius 1 is 1.29 bits per heavy atom. The Bertz CT molecular complexity index is 293. The summed E-state index contributed by atoms with van der Waals surface area (Å²) in [5, 5.41) is 11.3. The number of benzene rings is 1. The van der Waals surface area contributed by atoms with Crippen molar-refractivity contribution in [1.29, 1.82) is 0 Å². The van der Waals surface area contributed by atoms with Gasteiger partial charge in [-0.1, -0.05) is 37.3 Å². The summed E-state index contributed by atoms with van der Waals surface area (Å²) >= 11 is 0. The van der Waals surface area contributed by atoms with E-state index in [0.717, 1.165) is 5.56 Å². The molecule has 0 fully saturated rings. The van der Waals surface area contributed by atoms with Crippen LogP contribution in [0.25, 0.3) is 5.57 Å². The number of hydrogen-bond donors (Lipinski definition) is 0. The third kappa shape index (κ3) is 3.49. The van der Waals surface area contributed by atoms with E-state index in [1.165, 1.54) is 0 Å². The minimum Gasteiger partial charge on any atom is -0.613 e. The summed E-state index contributed by atoms with van der Waals surface area (Å²) in [4.78, 5) is 0. The number of ether oxygens (including phenoxy) is 1. The van der Waals surface area contributed by atoms with Crippen molar-refractivity contribution >= 4 is 5.57 Å². The maximum Gasteiger partial charge on any atom is 1.00 e. The predicted octanol–water partition coefficient (Wildman–Crippen LogP) is -1.22. The zero-order valence-corrected chi connectivity index (χ0v) is 8.91. The second-order valence-electron chi connectivity index (χ2n) is 2.71. The van der Waals surface area contributed by atoms with Crippen molar-refractivity contribution in [3.05, 3.63) is 41.8 Å². The summed E-state index contributed by atoms with van der Waals surface area (Å²) in [6.45, 7) is 3.99. The molecule has 0 saturated carbocycles. The third-order valence-corrected chi connectivity index (χ3v) is 1.79. The van der Waals surface area contributed by atoms with E-state index in [-0.39, 0.29) is 24.8 Å². The summed E-state index contributed by atoms with van der Waals surface area (Å²) in [5.41, 5.74) is 1.57. The molecule has 0 aromatic heterocycles. The van der Waals surface area contributed by atoms with E-state index in [1.54, 1.807) is 13.8 Å². The normalized spacial score (nSPS) is 11.3. The van der Waals surface area contributed by atoms with Gasteiger partial charge in [0.25, 0.3) is 0 Å². The first-order valence-corrected chi connectivity index (χ1v) is 4.31. The van der Waals surface area contributed by atoms with Gasteiger partial charge in [0.05, 0.1) is 5.95 Å². The fraction of sp³-hybridized carbons (Fsp3) is 0.273. The number of allylic oxidation sites excluding steroid dienone is 1. The van der Waals surface area contributed by atoms with E-state index in [0.29, 0.717) is 12.2 Å². The molecule has 0 atom stereocenters. The van der Waals surface area contributed by atoms with Gasteiger partial charge in [0.15, 0.2) is 0 Å². The molecule has 0 heterocycles. The Labute approximate surface area is 96.8 Å². The Morgan fingerprint density at radius 3 is 2.36 bits per heavy atom. The Morgan fingerprint density at radius 2 is 1.86 bits per heavy atom. The van der Waals surface area contributed by atoms with Gasteiger partial charge in [0.2, 0.25) is 0 Å². The van der Waals surface area contributed by atoms with Crippen LogP contribution < -0.4 is 24.0 Å². The van der Waals surface area contributed by atoms with Crippen LogP contribution in [0.3, 0.4) is 0 Å². The van der Waals surface area contributed by atoms with Gasteiger partial charge in [-0.05, 0) is 24.7 Å². The molecular formula is C11H13LiO2. The van der Waals surface area contributed by atoms with E-state index >= 15 is 0 Å².